The maximum Gasteiger partial charge on any atom is 0.266 e. The molecule has 70 valence electrons. The lowest BCUT2D eigenvalue weighted by Gasteiger charge is -2.05. The molecule has 13 heavy (non-hydrogen) atoms. The highest BCUT2D eigenvalue weighted by molar-refractivity contribution is 5.95. The molecule has 0 aliphatic rings. The maximum atomic E-state index is 11.4. The van der Waals surface area contributed by atoms with E-state index in [1.165, 1.54) is 31.0 Å². The summed E-state index contributed by atoms with van der Waals surface area (Å²) in [4.78, 5) is 22.3. The average molecular weight is 182 g/mol. The van der Waals surface area contributed by atoms with Crippen molar-refractivity contribution in [1.82, 2.24) is 4.57 Å². The summed E-state index contributed by atoms with van der Waals surface area (Å²) in [5.74, 6) is -0.575. The van der Waals surface area contributed by atoms with Gasteiger partial charge in [0.05, 0.1) is 7.11 Å². The molecule has 5 heteroatoms. The van der Waals surface area contributed by atoms with Gasteiger partial charge in [-0.2, -0.15) is 0 Å². The molecule has 0 saturated carbocycles. The minimum Gasteiger partial charge on any atom is -0.496 e. The van der Waals surface area contributed by atoms with Crippen molar-refractivity contribution in [3.8, 4) is 5.75 Å². The molecule has 0 fully saturated rings. The van der Waals surface area contributed by atoms with Gasteiger partial charge in [-0.05, 0) is 6.07 Å². The van der Waals surface area contributed by atoms with Gasteiger partial charge in [0.2, 0.25) is 0 Å². The standard InChI is InChI=1S/C8H10N2O3/c1-10-4-3-5(13-2)6(7(9)11)8(10)12/h3-4H,1-2H3,(H2,9,11). The normalized spacial score (nSPS) is 9.69. The fourth-order valence-corrected chi connectivity index (χ4v) is 1.01. The van der Waals surface area contributed by atoms with Crippen LogP contribution < -0.4 is 16.0 Å². The summed E-state index contributed by atoms with van der Waals surface area (Å²) in [6.07, 6.45) is 1.51. The molecule has 1 aromatic heterocycles. The van der Waals surface area contributed by atoms with E-state index in [9.17, 15) is 9.59 Å². The Morgan fingerprint density at radius 2 is 2.23 bits per heavy atom. The Bertz CT molecular complexity index is 395. The number of hydrogen-bond donors (Lipinski definition) is 1. The topological polar surface area (TPSA) is 74.3 Å². The lowest BCUT2D eigenvalue weighted by molar-refractivity contribution is 0.0995. The van der Waals surface area contributed by atoms with Gasteiger partial charge in [-0.15, -0.1) is 0 Å². The van der Waals surface area contributed by atoms with Crippen molar-refractivity contribution in [2.24, 2.45) is 12.8 Å². The smallest absolute Gasteiger partial charge is 0.266 e. The molecule has 0 saturated heterocycles. The first-order valence-corrected chi connectivity index (χ1v) is 3.61. The molecule has 5 nitrogen and oxygen atoms in total. The van der Waals surface area contributed by atoms with Crippen molar-refractivity contribution in [3.05, 3.63) is 28.2 Å². The number of nitrogens with two attached hydrogens (primary N) is 1. The van der Waals surface area contributed by atoms with Gasteiger partial charge in [0.1, 0.15) is 11.3 Å². The summed E-state index contributed by atoms with van der Waals surface area (Å²) in [6.45, 7) is 0. The van der Waals surface area contributed by atoms with Crippen LogP contribution >= 0.6 is 0 Å². The molecule has 0 atom stereocenters. The number of amides is 1. The molecule has 0 spiro atoms. The molecule has 1 heterocycles. The Morgan fingerprint density at radius 1 is 1.62 bits per heavy atom. The van der Waals surface area contributed by atoms with Crippen LogP contribution in [0.25, 0.3) is 0 Å². The molecule has 0 aliphatic heterocycles. The van der Waals surface area contributed by atoms with Crippen LogP contribution in [-0.4, -0.2) is 17.6 Å². The second kappa shape index (κ2) is 3.30. The van der Waals surface area contributed by atoms with Crippen molar-refractivity contribution >= 4 is 5.91 Å². The summed E-state index contributed by atoms with van der Waals surface area (Å²) in [5, 5.41) is 0. The Hall–Kier alpha value is -1.78. The monoisotopic (exact) mass is 182 g/mol. The Kier molecular flexibility index (Phi) is 2.36. The summed E-state index contributed by atoms with van der Waals surface area (Å²) < 4.78 is 6.09. The number of primary amides is 1. The molecule has 0 bridgehead atoms. The molecule has 1 amide bonds. The number of rotatable bonds is 2. The van der Waals surface area contributed by atoms with Gasteiger partial charge in [0, 0.05) is 13.2 Å². The molecule has 1 aromatic rings. The van der Waals surface area contributed by atoms with Gasteiger partial charge < -0.3 is 15.0 Å². The lowest BCUT2D eigenvalue weighted by atomic mass is 10.2. The van der Waals surface area contributed by atoms with Gasteiger partial charge in [0.15, 0.2) is 0 Å². The van der Waals surface area contributed by atoms with Crippen LogP contribution in [-0.2, 0) is 7.05 Å². The van der Waals surface area contributed by atoms with Gasteiger partial charge in [-0.3, -0.25) is 9.59 Å². The first kappa shape index (κ1) is 9.31. The van der Waals surface area contributed by atoms with Crippen molar-refractivity contribution in [2.45, 2.75) is 0 Å². The summed E-state index contributed by atoms with van der Waals surface area (Å²) in [7, 11) is 2.91. The van der Waals surface area contributed by atoms with Crippen molar-refractivity contribution in [2.75, 3.05) is 7.11 Å². The van der Waals surface area contributed by atoms with E-state index in [2.05, 4.69) is 0 Å². The van der Waals surface area contributed by atoms with E-state index in [1.54, 1.807) is 0 Å². The van der Waals surface area contributed by atoms with Crippen molar-refractivity contribution in [3.63, 3.8) is 0 Å². The number of aryl methyl sites for hydroxylation is 1. The summed E-state index contributed by atoms with van der Waals surface area (Å²) >= 11 is 0. The highest BCUT2D eigenvalue weighted by atomic mass is 16.5. The molecule has 0 radical (unpaired) electrons. The van der Waals surface area contributed by atoms with E-state index >= 15 is 0 Å². The Morgan fingerprint density at radius 3 is 2.69 bits per heavy atom. The Balaban J connectivity index is 3.51. The number of nitrogens with zero attached hydrogens (tertiary/aromatic N) is 1. The first-order chi connectivity index (χ1) is 6.07. The van der Waals surface area contributed by atoms with Gasteiger partial charge in [0.25, 0.3) is 11.5 Å². The molecule has 0 aromatic carbocycles. The zero-order chi connectivity index (χ0) is 10.0. The third-order valence-electron chi connectivity index (χ3n) is 1.70. The zero-order valence-electron chi connectivity index (χ0n) is 7.40. The van der Waals surface area contributed by atoms with Gasteiger partial charge >= 0.3 is 0 Å². The highest BCUT2D eigenvalue weighted by Gasteiger charge is 2.14. The minimum absolute atomic E-state index is 0.118. The van der Waals surface area contributed by atoms with Crippen LogP contribution in [0.15, 0.2) is 17.1 Å². The van der Waals surface area contributed by atoms with Crippen LogP contribution in [0.5, 0.6) is 5.75 Å². The van der Waals surface area contributed by atoms with E-state index in [1.807, 2.05) is 0 Å². The fourth-order valence-electron chi connectivity index (χ4n) is 1.01. The molecular weight excluding hydrogens is 172 g/mol. The van der Waals surface area contributed by atoms with Crippen molar-refractivity contribution < 1.29 is 9.53 Å². The number of hydrogen-bond acceptors (Lipinski definition) is 3. The van der Waals surface area contributed by atoms with Crippen molar-refractivity contribution in [1.29, 1.82) is 0 Å². The number of aromatic nitrogens is 1. The average Bonchev–Trinajstić information content (AvgIpc) is 2.08. The first-order valence-electron chi connectivity index (χ1n) is 3.61. The number of pyridine rings is 1. The quantitative estimate of drug-likeness (QED) is 0.669. The van der Waals surface area contributed by atoms with Crippen LogP contribution in [0.3, 0.4) is 0 Å². The maximum absolute atomic E-state index is 11.4. The molecule has 1 rings (SSSR count). The second-order valence-corrected chi connectivity index (χ2v) is 2.54. The number of ether oxygens (including phenoxy) is 1. The predicted molar refractivity (Wildman–Crippen MR) is 46.8 cm³/mol. The van der Waals surface area contributed by atoms with Crippen LogP contribution in [0, 0.1) is 0 Å². The predicted octanol–water partition coefficient (Wildman–Crippen LogP) is -0.507. The van der Waals surface area contributed by atoms with E-state index in [-0.39, 0.29) is 11.3 Å². The lowest BCUT2D eigenvalue weighted by Crippen LogP contribution is -2.28. The highest BCUT2D eigenvalue weighted by Crippen LogP contribution is 2.11. The minimum atomic E-state index is -0.780. The number of carbonyl (C=O) groups excluding carboxylic acids is 1. The third-order valence-corrected chi connectivity index (χ3v) is 1.70. The number of methoxy groups -OCH3 is 1. The summed E-state index contributed by atoms with van der Waals surface area (Å²) in [6, 6.07) is 1.52. The SMILES string of the molecule is COc1ccn(C)c(=O)c1C(N)=O. The largest absolute Gasteiger partial charge is 0.496 e. The van der Waals surface area contributed by atoms with Crippen LogP contribution in [0.4, 0.5) is 0 Å². The molecular formula is C8H10N2O3. The van der Waals surface area contributed by atoms with E-state index < -0.39 is 11.5 Å². The van der Waals surface area contributed by atoms with Crippen LogP contribution in [0.1, 0.15) is 10.4 Å². The third kappa shape index (κ3) is 1.53. The van der Waals surface area contributed by atoms with E-state index in [0.29, 0.717) is 0 Å². The fraction of sp³-hybridized carbons (Fsp3) is 0.250. The molecule has 0 unspecified atom stereocenters. The van der Waals surface area contributed by atoms with Crippen LogP contribution in [0.2, 0.25) is 0 Å². The zero-order valence-corrected chi connectivity index (χ0v) is 7.40. The van der Waals surface area contributed by atoms with E-state index in [4.69, 9.17) is 10.5 Å². The molecule has 0 aliphatic carbocycles. The summed E-state index contributed by atoms with van der Waals surface area (Å²) in [5.41, 5.74) is 4.46. The van der Waals surface area contributed by atoms with Gasteiger partial charge in [-0.1, -0.05) is 0 Å². The number of carbonyl (C=O) groups is 1. The Labute approximate surface area is 74.7 Å². The van der Waals surface area contributed by atoms with E-state index in [0.717, 1.165) is 0 Å². The molecule has 2 N–H and O–H groups in total. The second-order valence-electron chi connectivity index (χ2n) is 2.54. The van der Waals surface area contributed by atoms with Gasteiger partial charge in [-0.25, -0.2) is 0 Å².